The lowest BCUT2D eigenvalue weighted by Gasteiger charge is -2.13. The monoisotopic (exact) mass is 358 g/mol. The van der Waals surface area contributed by atoms with Crippen LogP contribution in [-0.2, 0) is 0 Å². The molecule has 0 saturated carbocycles. The second-order valence-electron chi connectivity index (χ2n) is 4.66. The first kappa shape index (κ1) is 11.2. The lowest BCUT2D eigenvalue weighted by Crippen LogP contribution is -1.97. The molecule has 0 spiro atoms. The SMILES string of the molecule is IC1c2ccccc2-c2cncn2-c2ccccc21. The van der Waals surface area contributed by atoms with E-state index in [0.29, 0.717) is 3.92 Å². The van der Waals surface area contributed by atoms with E-state index in [1.165, 1.54) is 28.1 Å². The van der Waals surface area contributed by atoms with E-state index in [9.17, 15) is 0 Å². The number of hydrogen-bond acceptors (Lipinski definition) is 1. The molecule has 0 N–H and O–H groups in total. The zero-order chi connectivity index (χ0) is 12.8. The van der Waals surface area contributed by atoms with Crippen molar-refractivity contribution < 1.29 is 0 Å². The first-order chi connectivity index (χ1) is 9.36. The molecule has 0 radical (unpaired) electrons. The molecule has 3 heteroatoms. The maximum Gasteiger partial charge on any atom is 0.0997 e. The van der Waals surface area contributed by atoms with Gasteiger partial charge in [0.15, 0.2) is 0 Å². The molecule has 4 rings (SSSR count). The molecule has 0 saturated heterocycles. The number of para-hydroxylation sites is 1. The predicted molar refractivity (Wildman–Crippen MR) is 84.9 cm³/mol. The van der Waals surface area contributed by atoms with Gasteiger partial charge in [0, 0.05) is 5.56 Å². The second-order valence-corrected chi connectivity index (χ2v) is 5.90. The van der Waals surface area contributed by atoms with E-state index in [2.05, 4.69) is 80.7 Å². The molecule has 19 heavy (non-hydrogen) atoms. The molecule has 0 aliphatic carbocycles. The Labute approximate surface area is 125 Å². The molecule has 3 aromatic rings. The second kappa shape index (κ2) is 4.20. The highest BCUT2D eigenvalue weighted by atomic mass is 127. The fourth-order valence-corrected chi connectivity index (χ4v) is 3.80. The minimum atomic E-state index is 0.366. The number of benzene rings is 2. The number of fused-ring (bicyclic) bond motifs is 5. The lowest BCUT2D eigenvalue weighted by molar-refractivity contribution is 1.05. The van der Waals surface area contributed by atoms with Gasteiger partial charge in [0.2, 0.25) is 0 Å². The van der Waals surface area contributed by atoms with E-state index in [-0.39, 0.29) is 0 Å². The highest BCUT2D eigenvalue weighted by Crippen LogP contribution is 2.43. The van der Waals surface area contributed by atoms with Gasteiger partial charge < -0.3 is 0 Å². The topological polar surface area (TPSA) is 17.8 Å². The van der Waals surface area contributed by atoms with Crippen LogP contribution in [0.4, 0.5) is 0 Å². The fourth-order valence-electron chi connectivity index (χ4n) is 2.73. The molecular formula is C16H11IN2. The van der Waals surface area contributed by atoms with E-state index in [1.54, 1.807) is 0 Å². The number of halogens is 1. The third-order valence-electron chi connectivity index (χ3n) is 3.62. The van der Waals surface area contributed by atoms with Crippen molar-refractivity contribution in [3.05, 3.63) is 72.2 Å². The molecule has 1 aliphatic heterocycles. The van der Waals surface area contributed by atoms with Crippen LogP contribution in [0.3, 0.4) is 0 Å². The number of imidazole rings is 1. The van der Waals surface area contributed by atoms with Crippen LogP contribution < -0.4 is 0 Å². The largest absolute Gasteiger partial charge is 0.299 e. The standard InChI is InChI=1S/C16H11IN2/c17-16-12-6-2-1-5-11(12)15-9-18-10-19(15)14-8-4-3-7-13(14)16/h1-10,16H. The summed E-state index contributed by atoms with van der Waals surface area (Å²) in [5, 5.41) is 0. The highest BCUT2D eigenvalue weighted by molar-refractivity contribution is 14.1. The third kappa shape index (κ3) is 1.57. The van der Waals surface area contributed by atoms with Crippen LogP contribution in [0.2, 0.25) is 0 Å². The summed E-state index contributed by atoms with van der Waals surface area (Å²) in [7, 11) is 0. The van der Waals surface area contributed by atoms with Crippen LogP contribution in [0.1, 0.15) is 15.1 Å². The van der Waals surface area contributed by atoms with Crippen molar-refractivity contribution in [2.75, 3.05) is 0 Å². The average Bonchev–Trinajstić information content (AvgIpc) is 2.92. The van der Waals surface area contributed by atoms with Gasteiger partial charge in [0.05, 0.1) is 27.8 Å². The van der Waals surface area contributed by atoms with Crippen molar-refractivity contribution in [3.63, 3.8) is 0 Å². The molecule has 0 fully saturated rings. The van der Waals surface area contributed by atoms with E-state index in [4.69, 9.17) is 0 Å². The molecule has 2 heterocycles. The molecule has 1 unspecified atom stereocenters. The van der Waals surface area contributed by atoms with E-state index < -0.39 is 0 Å². The molecule has 2 aromatic carbocycles. The number of nitrogens with zero attached hydrogens (tertiary/aromatic N) is 2. The van der Waals surface area contributed by atoms with Crippen molar-refractivity contribution in [1.82, 2.24) is 9.55 Å². The first-order valence-corrected chi connectivity index (χ1v) is 7.46. The summed E-state index contributed by atoms with van der Waals surface area (Å²) in [4.78, 5) is 4.33. The Morgan fingerprint density at radius 1 is 0.947 bits per heavy atom. The van der Waals surface area contributed by atoms with Crippen molar-refractivity contribution in [3.8, 4) is 16.9 Å². The molecule has 0 amide bonds. The van der Waals surface area contributed by atoms with Gasteiger partial charge in [-0.1, -0.05) is 65.1 Å². The molecule has 0 bridgehead atoms. The van der Waals surface area contributed by atoms with Crippen LogP contribution >= 0.6 is 22.6 Å². The zero-order valence-corrected chi connectivity index (χ0v) is 12.3. The van der Waals surface area contributed by atoms with Crippen molar-refractivity contribution >= 4 is 22.6 Å². The summed E-state index contributed by atoms with van der Waals surface area (Å²) in [5.74, 6) is 0. The van der Waals surface area contributed by atoms with E-state index >= 15 is 0 Å². The maximum atomic E-state index is 4.33. The molecule has 1 aliphatic rings. The van der Waals surface area contributed by atoms with Crippen LogP contribution in [0.25, 0.3) is 16.9 Å². The Balaban J connectivity index is 2.15. The molecular weight excluding hydrogens is 347 g/mol. The quantitative estimate of drug-likeness (QED) is 0.431. The van der Waals surface area contributed by atoms with Crippen LogP contribution in [0.15, 0.2) is 61.1 Å². The molecule has 92 valence electrons. The first-order valence-electron chi connectivity index (χ1n) is 6.21. The van der Waals surface area contributed by atoms with Gasteiger partial charge in [-0.15, -0.1) is 0 Å². The summed E-state index contributed by atoms with van der Waals surface area (Å²) in [6.07, 6.45) is 3.85. The normalized spacial score (nSPS) is 16.2. The Kier molecular flexibility index (Phi) is 2.48. The summed E-state index contributed by atoms with van der Waals surface area (Å²) >= 11 is 2.53. The Hall–Kier alpha value is -1.62. The van der Waals surface area contributed by atoms with E-state index in [0.717, 1.165) is 0 Å². The Morgan fingerprint density at radius 3 is 2.58 bits per heavy atom. The number of rotatable bonds is 0. The highest BCUT2D eigenvalue weighted by Gasteiger charge is 2.24. The summed E-state index contributed by atoms with van der Waals surface area (Å²) < 4.78 is 2.55. The van der Waals surface area contributed by atoms with Crippen molar-refractivity contribution in [1.29, 1.82) is 0 Å². The lowest BCUT2D eigenvalue weighted by atomic mass is 9.99. The van der Waals surface area contributed by atoms with Gasteiger partial charge in [0.1, 0.15) is 0 Å². The maximum absolute atomic E-state index is 4.33. The molecule has 1 atom stereocenters. The van der Waals surface area contributed by atoms with Crippen LogP contribution in [0, 0.1) is 0 Å². The van der Waals surface area contributed by atoms with Crippen LogP contribution in [0.5, 0.6) is 0 Å². The third-order valence-corrected chi connectivity index (χ3v) is 4.96. The average molecular weight is 358 g/mol. The van der Waals surface area contributed by atoms with Gasteiger partial charge in [-0.05, 0) is 17.2 Å². The van der Waals surface area contributed by atoms with Crippen molar-refractivity contribution in [2.45, 2.75) is 3.92 Å². The van der Waals surface area contributed by atoms with Gasteiger partial charge in [-0.3, -0.25) is 4.57 Å². The molecule has 2 nitrogen and oxygen atoms in total. The predicted octanol–water partition coefficient (Wildman–Crippen LogP) is 4.38. The number of alkyl halides is 1. The summed E-state index contributed by atoms with van der Waals surface area (Å²) in [6.45, 7) is 0. The molecule has 1 aromatic heterocycles. The summed E-state index contributed by atoms with van der Waals surface area (Å²) in [6, 6.07) is 17.2. The van der Waals surface area contributed by atoms with Gasteiger partial charge in [0.25, 0.3) is 0 Å². The van der Waals surface area contributed by atoms with Crippen molar-refractivity contribution in [2.24, 2.45) is 0 Å². The zero-order valence-electron chi connectivity index (χ0n) is 10.1. The van der Waals surface area contributed by atoms with Crippen LogP contribution in [-0.4, -0.2) is 9.55 Å². The minimum absolute atomic E-state index is 0.366. The summed E-state index contributed by atoms with van der Waals surface area (Å²) in [5.41, 5.74) is 6.37. The smallest absolute Gasteiger partial charge is 0.0997 e. The van der Waals surface area contributed by atoms with Gasteiger partial charge in [-0.25, -0.2) is 4.98 Å². The number of hydrogen-bond donors (Lipinski definition) is 0. The van der Waals surface area contributed by atoms with Gasteiger partial charge >= 0.3 is 0 Å². The van der Waals surface area contributed by atoms with Gasteiger partial charge in [-0.2, -0.15) is 0 Å². The fraction of sp³-hybridized carbons (Fsp3) is 0.0625. The number of aromatic nitrogens is 2. The van der Waals surface area contributed by atoms with E-state index in [1.807, 2.05) is 12.5 Å². The minimum Gasteiger partial charge on any atom is -0.299 e. The Bertz CT molecular complexity index is 699. The Morgan fingerprint density at radius 2 is 1.68 bits per heavy atom.